The zero-order valence-electron chi connectivity index (χ0n) is 14.0. The van der Waals surface area contributed by atoms with Crippen LogP contribution in [0, 0.1) is 12.7 Å². The summed E-state index contributed by atoms with van der Waals surface area (Å²) in [6.45, 7) is 3.68. The van der Waals surface area contributed by atoms with Crippen molar-refractivity contribution in [2.45, 2.75) is 13.8 Å². The molecule has 5 nitrogen and oxygen atoms in total. The maximum absolute atomic E-state index is 13.9. The Morgan fingerprint density at radius 3 is 2.48 bits per heavy atom. The van der Waals surface area contributed by atoms with E-state index in [0.29, 0.717) is 12.2 Å². The number of benzene rings is 2. The van der Waals surface area contributed by atoms with E-state index in [9.17, 15) is 18.8 Å². The highest BCUT2D eigenvalue weighted by molar-refractivity contribution is 6.22. The van der Waals surface area contributed by atoms with Crippen LogP contribution in [0.3, 0.4) is 0 Å². The molecule has 0 atom stereocenters. The maximum Gasteiger partial charge on any atom is 0.265 e. The first kappa shape index (κ1) is 16.8. The third-order valence-electron chi connectivity index (χ3n) is 4.17. The number of fused-ring (bicyclic) bond motifs is 1. The smallest absolute Gasteiger partial charge is 0.265 e. The summed E-state index contributed by atoms with van der Waals surface area (Å²) in [7, 11) is 0. The van der Waals surface area contributed by atoms with Crippen LogP contribution in [0.15, 0.2) is 42.5 Å². The Morgan fingerprint density at radius 2 is 1.84 bits per heavy atom. The van der Waals surface area contributed by atoms with Gasteiger partial charge in [-0.25, -0.2) is 4.39 Å². The Balaban J connectivity index is 1.85. The molecule has 2 aromatic rings. The van der Waals surface area contributed by atoms with Gasteiger partial charge in [0, 0.05) is 12.2 Å². The number of hydrogen-bond acceptors (Lipinski definition) is 3. The van der Waals surface area contributed by atoms with Crippen LogP contribution in [0.5, 0.6) is 0 Å². The van der Waals surface area contributed by atoms with E-state index in [1.165, 1.54) is 17.0 Å². The summed E-state index contributed by atoms with van der Waals surface area (Å²) >= 11 is 0. The summed E-state index contributed by atoms with van der Waals surface area (Å²) < 4.78 is 13.9. The number of carbonyl (C=O) groups is 3. The van der Waals surface area contributed by atoms with Crippen LogP contribution in [-0.4, -0.2) is 35.7 Å². The fourth-order valence-electron chi connectivity index (χ4n) is 2.96. The molecule has 1 aliphatic heterocycles. The van der Waals surface area contributed by atoms with Crippen LogP contribution in [-0.2, 0) is 4.79 Å². The van der Waals surface area contributed by atoms with Crippen LogP contribution in [0.4, 0.5) is 10.1 Å². The molecule has 0 spiro atoms. The molecule has 3 amide bonds. The molecule has 3 rings (SSSR count). The summed E-state index contributed by atoms with van der Waals surface area (Å²) in [5.41, 5.74) is 1.41. The van der Waals surface area contributed by atoms with Gasteiger partial charge in [-0.15, -0.1) is 0 Å². The lowest BCUT2D eigenvalue weighted by Gasteiger charge is -2.24. The van der Waals surface area contributed by atoms with Gasteiger partial charge in [-0.3, -0.25) is 19.3 Å². The second-order valence-corrected chi connectivity index (χ2v) is 5.84. The quantitative estimate of drug-likeness (QED) is 0.804. The number of hydrogen-bond donors (Lipinski definition) is 0. The fourth-order valence-corrected chi connectivity index (χ4v) is 2.96. The van der Waals surface area contributed by atoms with Crippen molar-refractivity contribution in [3.05, 3.63) is 65.0 Å². The molecule has 25 heavy (non-hydrogen) atoms. The van der Waals surface area contributed by atoms with Gasteiger partial charge in [0.15, 0.2) is 0 Å². The Hall–Kier alpha value is -3.02. The van der Waals surface area contributed by atoms with Gasteiger partial charge in [0.1, 0.15) is 12.4 Å². The largest absolute Gasteiger partial charge is 0.311 e. The lowest BCUT2D eigenvalue weighted by atomic mass is 10.1. The molecule has 0 saturated carbocycles. The van der Waals surface area contributed by atoms with Gasteiger partial charge in [-0.05, 0) is 43.7 Å². The predicted molar refractivity (Wildman–Crippen MR) is 91.0 cm³/mol. The normalized spacial score (nSPS) is 13.2. The van der Waals surface area contributed by atoms with Crippen LogP contribution in [0.2, 0.25) is 0 Å². The Morgan fingerprint density at radius 1 is 1.12 bits per heavy atom. The summed E-state index contributed by atoms with van der Waals surface area (Å²) in [6, 6.07) is 11.3. The molecular formula is C19H17FN2O3. The zero-order chi connectivity index (χ0) is 18.1. The standard InChI is InChI=1S/C19H17FN2O3/c1-3-21(13-7-4-6-12(2)10-13)16(23)11-22-18(24)14-8-5-9-15(20)17(14)19(22)25/h4-10H,3,11H2,1-2H3. The Labute approximate surface area is 144 Å². The predicted octanol–water partition coefficient (Wildman–Crippen LogP) is 2.78. The first-order chi connectivity index (χ1) is 11.9. The lowest BCUT2D eigenvalue weighted by molar-refractivity contribution is -0.118. The number of imide groups is 1. The molecule has 6 heteroatoms. The van der Waals surface area contributed by atoms with E-state index >= 15 is 0 Å². The highest BCUT2D eigenvalue weighted by atomic mass is 19.1. The molecule has 1 aliphatic rings. The number of carbonyl (C=O) groups excluding carboxylic acids is 3. The number of likely N-dealkylation sites (N-methyl/N-ethyl adjacent to an activating group) is 1. The highest BCUT2D eigenvalue weighted by Gasteiger charge is 2.39. The number of anilines is 1. The first-order valence-corrected chi connectivity index (χ1v) is 7.95. The van der Waals surface area contributed by atoms with Crippen molar-refractivity contribution < 1.29 is 18.8 Å². The number of nitrogens with zero attached hydrogens (tertiary/aromatic N) is 2. The van der Waals surface area contributed by atoms with Crippen molar-refractivity contribution in [3.63, 3.8) is 0 Å². The minimum absolute atomic E-state index is 0.00333. The molecule has 0 N–H and O–H groups in total. The van der Waals surface area contributed by atoms with Crippen molar-refractivity contribution in [1.29, 1.82) is 0 Å². The fraction of sp³-hybridized carbons (Fsp3) is 0.211. The SMILES string of the molecule is CCN(C(=O)CN1C(=O)c2cccc(F)c2C1=O)c1cccc(C)c1. The van der Waals surface area contributed by atoms with E-state index in [2.05, 4.69) is 0 Å². The van der Waals surface area contributed by atoms with E-state index in [1.54, 1.807) is 6.07 Å². The van der Waals surface area contributed by atoms with Gasteiger partial charge in [-0.2, -0.15) is 0 Å². The van der Waals surface area contributed by atoms with Gasteiger partial charge >= 0.3 is 0 Å². The van der Waals surface area contributed by atoms with Crippen molar-refractivity contribution in [2.75, 3.05) is 18.0 Å². The average Bonchev–Trinajstić information content (AvgIpc) is 2.82. The monoisotopic (exact) mass is 340 g/mol. The molecule has 2 aromatic carbocycles. The Kier molecular flexibility index (Phi) is 4.35. The molecule has 0 bridgehead atoms. The molecule has 128 valence electrons. The second-order valence-electron chi connectivity index (χ2n) is 5.84. The number of halogens is 1. The topological polar surface area (TPSA) is 57.7 Å². The van der Waals surface area contributed by atoms with Crippen molar-refractivity contribution in [3.8, 4) is 0 Å². The van der Waals surface area contributed by atoms with E-state index in [-0.39, 0.29) is 11.1 Å². The summed E-state index contributed by atoms with van der Waals surface area (Å²) in [5, 5.41) is 0. The van der Waals surface area contributed by atoms with Gasteiger partial charge in [0.2, 0.25) is 5.91 Å². The van der Waals surface area contributed by atoms with E-state index in [1.807, 2.05) is 32.0 Å². The van der Waals surface area contributed by atoms with Crippen LogP contribution in [0.1, 0.15) is 33.2 Å². The minimum atomic E-state index is -0.772. The number of rotatable bonds is 4. The molecular weight excluding hydrogens is 323 g/mol. The third-order valence-corrected chi connectivity index (χ3v) is 4.17. The maximum atomic E-state index is 13.9. The first-order valence-electron chi connectivity index (χ1n) is 7.95. The van der Waals surface area contributed by atoms with Gasteiger partial charge in [0.25, 0.3) is 11.8 Å². The van der Waals surface area contributed by atoms with Crippen molar-refractivity contribution >= 4 is 23.4 Å². The zero-order valence-corrected chi connectivity index (χ0v) is 14.0. The van der Waals surface area contributed by atoms with E-state index in [0.717, 1.165) is 16.5 Å². The summed E-state index contributed by atoms with van der Waals surface area (Å²) in [4.78, 5) is 39.7. The van der Waals surface area contributed by atoms with Crippen molar-refractivity contribution in [1.82, 2.24) is 4.90 Å². The molecule has 0 aromatic heterocycles. The Bertz CT molecular complexity index is 879. The average molecular weight is 340 g/mol. The second kappa shape index (κ2) is 6.47. The van der Waals surface area contributed by atoms with Gasteiger partial charge in [-0.1, -0.05) is 18.2 Å². The molecule has 0 aliphatic carbocycles. The van der Waals surface area contributed by atoms with Crippen molar-refractivity contribution in [2.24, 2.45) is 0 Å². The van der Waals surface area contributed by atoms with Gasteiger partial charge < -0.3 is 4.90 Å². The van der Waals surface area contributed by atoms with Crippen LogP contribution in [0.25, 0.3) is 0 Å². The van der Waals surface area contributed by atoms with Crippen LogP contribution < -0.4 is 4.90 Å². The van der Waals surface area contributed by atoms with Gasteiger partial charge in [0.05, 0.1) is 11.1 Å². The molecule has 0 radical (unpaired) electrons. The third kappa shape index (κ3) is 2.91. The molecule has 0 saturated heterocycles. The molecule has 0 fully saturated rings. The highest BCUT2D eigenvalue weighted by Crippen LogP contribution is 2.25. The summed E-state index contributed by atoms with van der Waals surface area (Å²) in [6.07, 6.45) is 0. The molecule has 0 unspecified atom stereocenters. The van der Waals surface area contributed by atoms with E-state index < -0.39 is 30.1 Å². The summed E-state index contributed by atoms with van der Waals surface area (Å²) in [5.74, 6) is -2.57. The number of amides is 3. The molecule has 1 heterocycles. The minimum Gasteiger partial charge on any atom is -0.311 e. The van der Waals surface area contributed by atoms with Crippen LogP contribution >= 0.6 is 0 Å². The van der Waals surface area contributed by atoms with E-state index in [4.69, 9.17) is 0 Å². The number of aryl methyl sites for hydroxylation is 1. The lowest BCUT2D eigenvalue weighted by Crippen LogP contribution is -2.42.